The first-order chi connectivity index (χ1) is 17.6. The van der Waals surface area contributed by atoms with Crippen molar-refractivity contribution in [2.45, 2.75) is 32.0 Å². The second-order valence-electron chi connectivity index (χ2n) is 9.31. The number of carbonyl (C=O) groups is 1. The second kappa shape index (κ2) is 12.1. The molecule has 0 bridgehead atoms. The first kappa shape index (κ1) is 26.5. The number of benzene rings is 4. The van der Waals surface area contributed by atoms with Crippen LogP contribution in [-0.4, -0.2) is 32.3 Å². The van der Waals surface area contributed by atoms with Crippen LogP contribution in [0.3, 0.4) is 0 Å². The molecule has 5 rings (SSSR count). The summed E-state index contributed by atoms with van der Waals surface area (Å²) in [5.41, 5.74) is 4.12. The average molecular weight is 517 g/mol. The fraction of sp³-hybridized carbons (Fsp3) is 0.258. The molecule has 0 spiro atoms. The minimum Gasteiger partial charge on any atom is -0.486 e. The zero-order chi connectivity index (χ0) is 24.9. The van der Waals surface area contributed by atoms with E-state index in [4.69, 9.17) is 9.47 Å². The standard InChI is InChI=1S/C31H32N2O3.ClH/c1-22(27-11-7-9-24-8-3-4-10-28(24)27)32-19-18-26-21-33(29-12-5-6-13-30(29)36-26)20-23-14-16-25(17-15-23)31(34)35-2;/h3-17,22,26,32H,18-21H2,1-2H3;1H/t22-,26?;/m1./s1. The van der Waals surface area contributed by atoms with Gasteiger partial charge in [-0.15, -0.1) is 12.4 Å². The Balaban J connectivity index is 0.00000320. The minimum absolute atomic E-state index is 0. The van der Waals surface area contributed by atoms with Crippen LogP contribution >= 0.6 is 12.4 Å². The molecule has 0 saturated carbocycles. The second-order valence-corrected chi connectivity index (χ2v) is 9.31. The minimum atomic E-state index is -0.316. The number of hydrogen-bond acceptors (Lipinski definition) is 5. The number of hydrogen-bond donors (Lipinski definition) is 1. The maximum absolute atomic E-state index is 11.8. The molecule has 192 valence electrons. The lowest BCUT2D eigenvalue weighted by Gasteiger charge is -2.36. The Morgan fingerprint density at radius 2 is 1.73 bits per heavy atom. The Morgan fingerprint density at radius 3 is 2.54 bits per heavy atom. The van der Waals surface area contributed by atoms with Crippen molar-refractivity contribution >= 4 is 34.8 Å². The average Bonchev–Trinajstić information content (AvgIpc) is 2.92. The van der Waals surface area contributed by atoms with Crippen molar-refractivity contribution < 1.29 is 14.3 Å². The largest absolute Gasteiger partial charge is 0.486 e. The number of para-hydroxylation sites is 2. The summed E-state index contributed by atoms with van der Waals surface area (Å²) < 4.78 is 11.2. The number of esters is 1. The first-order valence-electron chi connectivity index (χ1n) is 12.5. The highest BCUT2D eigenvalue weighted by Crippen LogP contribution is 2.35. The highest BCUT2D eigenvalue weighted by Gasteiger charge is 2.25. The summed E-state index contributed by atoms with van der Waals surface area (Å²) in [6, 6.07) is 31.1. The smallest absolute Gasteiger partial charge is 0.337 e. The molecule has 6 heteroatoms. The summed E-state index contributed by atoms with van der Waals surface area (Å²) in [7, 11) is 1.40. The predicted octanol–water partition coefficient (Wildman–Crippen LogP) is 6.56. The highest BCUT2D eigenvalue weighted by molar-refractivity contribution is 5.89. The third-order valence-electron chi connectivity index (χ3n) is 6.88. The van der Waals surface area contributed by atoms with Crippen LogP contribution in [0, 0.1) is 0 Å². The molecule has 0 fully saturated rings. The van der Waals surface area contributed by atoms with Crippen molar-refractivity contribution in [1.29, 1.82) is 0 Å². The normalized spacial score (nSPS) is 15.3. The highest BCUT2D eigenvalue weighted by atomic mass is 35.5. The molecule has 1 aliphatic heterocycles. The molecule has 1 N–H and O–H groups in total. The number of ether oxygens (including phenoxy) is 2. The molecule has 0 saturated heterocycles. The number of methoxy groups -OCH3 is 1. The molecule has 2 atom stereocenters. The monoisotopic (exact) mass is 516 g/mol. The molecule has 0 amide bonds. The summed E-state index contributed by atoms with van der Waals surface area (Å²) in [4.78, 5) is 14.1. The van der Waals surface area contributed by atoms with Gasteiger partial charge in [-0.25, -0.2) is 4.79 Å². The summed E-state index contributed by atoms with van der Waals surface area (Å²) in [5.74, 6) is 0.602. The zero-order valence-electron chi connectivity index (χ0n) is 21.2. The molecule has 0 radical (unpaired) electrons. The number of halogens is 1. The molecule has 5 nitrogen and oxygen atoms in total. The lowest BCUT2D eigenvalue weighted by molar-refractivity contribution is 0.0600. The maximum atomic E-state index is 11.8. The van der Waals surface area contributed by atoms with E-state index in [-0.39, 0.29) is 30.5 Å². The number of rotatable bonds is 8. The van der Waals surface area contributed by atoms with Gasteiger partial charge >= 0.3 is 5.97 Å². The number of anilines is 1. The van der Waals surface area contributed by atoms with Gasteiger partial charge in [-0.2, -0.15) is 0 Å². The van der Waals surface area contributed by atoms with Gasteiger partial charge in [-0.3, -0.25) is 0 Å². The van der Waals surface area contributed by atoms with E-state index >= 15 is 0 Å². The zero-order valence-corrected chi connectivity index (χ0v) is 22.0. The van der Waals surface area contributed by atoms with E-state index in [2.05, 4.69) is 65.7 Å². The van der Waals surface area contributed by atoms with Gasteiger partial charge in [0, 0.05) is 12.6 Å². The third kappa shape index (κ3) is 6.07. The topological polar surface area (TPSA) is 50.8 Å². The van der Waals surface area contributed by atoms with E-state index in [0.717, 1.165) is 43.1 Å². The maximum Gasteiger partial charge on any atom is 0.337 e. The van der Waals surface area contributed by atoms with E-state index < -0.39 is 0 Å². The predicted molar refractivity (Wildman–Crippen MR) is 152 cm³/mol. The summed E-state index contributed by atoms with van der Waals surface area (Å²) in [6.07, 6.45) is 0.989. The van der Waals surface area contributed by atoms with Crippen molar-refractivity contribution in [2.75, 3.05) is 25.1 Å². The van der Waals surface area contributed by atoms with Gasteiger partial charge in [0.2, 0.25) is 0 Å². The van der Waals surface area contributed by atoms with Crippen LogP contribution in [0.5, 0.6) is 5.75 Å². The van der Waals surface area contributed by atoms with E-state index in [0.29, 0.717) is 5.56 Å². The molecule has 0 aromatic heterocycles. The van der Waals surface area contributed by atoms with E-state index in [1.165, 1.54) is 23.4 Å². The Kier molecular flexibility index (Phi) is 8.70. The van der Waals surface area contributed by atoms with Crippen LogP contribution in [0.4, 0.5) is 5.69 Å². The van der Waals surface area contributed by atoms with Crippen LogP contribution in [0.2, 0.25) is 0 Å². The van der Waals surface area contributed by atoms with Gasteiger partial charge < -0.3 is 19.7 Å². The Bertz CT molecular complexity index is 1340. The van der Waals surface area contributed by atoms with E-state index in [1.54, 1.807) is 0 Å². The molecule has 37 heavy (non-hydrogen) atoms. The number of nitrogens with zero attached hydrogens (tertiary/aromatic N) is 1. The molecular weight excluding hydrogens is 484 g/mol. The SMILES string of the molecule is COC(=O)c1ccc(CN2CC(CCN[C@H](C)c3cccc4ccccc34)Oc3ccccc32)cc1.Cl. The summed E-state index contributed by atoms with van der Waals surface area (Å²) in [5, 5.41) is 6.27. The molecule has 1 aliphatic rings. The van der Waals surface area contributed by atoms with Crippen LogP contribution in [-0.2, 0) is 11.3 Å². The van der Waals surface area contributed by atoms with E-state index in [1.807, 2.05) is 42.5 Å². The van der Waals surface area contributed by atoms with Crippen molar-refractivity contribution in [1.82, 2.24) is 5.32 Å². The van der Waals surface area contributed by atoms with Crippen LogP contribution in [0.25, 0.3) is 10.8 Å². The lowest BCUT2D eigenvalue weighted by atomic mass is 9.99. The molecule has 1 heterocycles. The van der Waals surface area contributed by atoms with E-state index in [9.17, 15) is 4.79 Å². The van der Waals surface area contributed by atoms with Crippen LogP contribution in [0.1, 0.15) is 40.9 Å². The van der Waals surface area contributed by atoms with Gasteiger partial charge in [0.05, 0.1) is 24.9 Å². The number of fused-ring (bicyclic) bond motifs is 2. The lowest BCUT2D eigenvalue weighted by Crippen LogP contribution is -2.41. The van der Waals surface area contributed by atoms with Crippen molar-refractivity contribution in [3.8, 4) is 5.75 Å². The summed E-state index contributed by atoms with van der Waals surface area (Å²) >= 11 is 0. The summed E-state index contributed by atoms with van der Waals surface area (Å²) in [6.45, 7) is 4.64. The Morgan fingerprint density at radius 1 is 1.00 bits per heavy atom. The molecule has 1 unspecified atom stereocenters. The van der Waals surface area contributed by atoms with Crippen LogP contribution < -0.4 is 15.0 Å². The molecule has 0 aliphatic carbocycles. The van der Waals surface area contributed by atoms with Gasteiger partial charge in [-0.1, -0.05) is 66.7 Å². The van der Waals surface area contributed by atoms with Gasteiger partial charge in [0.25, 0.3) is 0 Å². The molecule has 4 aromatic rings. The van der Waals surface area contributed by atoms with Crippen LogP contribution in [0.15, 0.2) is 91.0 Å². The van der Waals surface area contributed by atoms with Gasteiger partial charge in [-0.05, 0) is 66.1 Å². The van der Waals surface area contributed by atoms with Gasteiger partial charge in [0.15, 0.2) is 0 Å². The Hall–Kier alpha value is -3.54. The molecular formula is C31H33ClN2O3. The van der Waals surface area contributed by atoms with Gasteiger partial charge in [0.1, 0.15) is 11.9 Å². The fourth-order valence-corrected chi connectivity index (χ4v) is 4.96. The first-order valence-corrected chi connectivity index (χ1v) is 12.5. The molecule has 4 aromatic carbocycles. The fourth-order valence-electron chi connectivity index (χ4n) is 4.96. The third-order valence-corrected chi connectivity index (χ3v) is 6.88. The number of nitrogens with one attached hydrogen (secondary N) is 1. The quantitative estimate of drug-likeness (QED) is 0.269. The number of carbonyl (C=O) groups excluding carboxylic acids is 1. The van der Waals surface area contributed by atoms with Crippen molar-refractivity contribution in [3.63, 3.8) is 0 Å². The Labute approximate surface area is 224 Å². The van der Waals surface area contributed by atoms with Crippen molar-refractivity contribution in [3.05, 3.63) is 108 Å². The van der Waals surface area contributed by atoms with Crippen molar-refractivity contribution in [2.24, 2.45) is 0 Å².